The van der Waals surface area contributed by atoms with Gasteiger partial charge in [0.15, 0.2) is 0 Å². The predicted molar refractivity (Wildman–Crippen MR) is 99.4 cm³/mol. The Hall–Kier alpha value is -1.51. The van der Waals surface area contributed by atoms with Gasteiger partial charge in [-0.15, -0.1) is 0 Å². The smallest absolute Gasteiger partial charge is 0.233 e. The largest absolute Gasteiger partial charge is 0.371 e. The van der Waals surface area contributed by atoms with E-state index in [2.05, 4.69) is 55.0 Å². The maximum atomic E-state index is 13.8. The average Bonchev–Trinajstić information content (AvgIpc) is 2.53. The summed E-state index contributed by atoms with van der Waals surface area (Å²) in [7, 11) is 2.13. The number of carbonyl (C=O) groups excluding carboxylic acids is 1. The van der Waals surface area contributed by atoms with Crippen LogP contribution in [0.3, 0.4) is 0 Å². The van der Waals surface area contributed by atoms with Gasteiger partial charge in [0.2, 0.25) is 5.91 Å². The van der Waals surface area contributed by atoms with Gasteiger partial charge in [-0.1, -0.05) is 26.0 Å². The SMILES string of the molecule is C[C@@H]1C[C@@H]2C[C@H](C)CC(C(=O)N3CCN(C)c4ccccc43)(C1)C2. The number of fused-ring (bicyclic) bond motifs is 3. The molecule has 2 bridgehead atoms. The highest BCUT2D eigenvalue weighted by Crippen LogP contribution is 2.54. The zero-order chi connectivity index (χ0) is 16.9. The van der Waals surface area contributed by atoms with Gasteiger partial charge in [0, 0.05) is 20.1 Å². The van der Waals surface area contributed by atoms with E-state index in [-0.39, 0.29) is 5.41 Å². The number of nitrogens with zero attached hydrogens (tertiary/aromatic N) is 2. The molecule has 0 radical (unpaired) electrons. The Kier molecular flexibility index (Phi) is 3.85. The lowest BCUT2D eigenvalue weighted by molar-refractivity contribution is -0.136. The first-order chi connectivity index (χ1) is 11.5. The van der Waals surface area contributed by atoms with E-state index in [4.69, 9.17) is 0 Å². The summed E-state index contributed by atoms with van der Waals surface area (Å²) in [4.78, 5) is 18.1. The van der Waals surface area contributed by atoms with Gasteiger partial charge < -0.3 is 9.80 Å². The maximum Gasteiger partial charge on any atom is 0.233 e. The second kappa shape index (κ2) is 5.79. The minimum Gasteiger partial charge on any atom is -0.371 e. The molecule has 0 spiro atoms. The normalized spacial score (nSPS) is 35.5. The van der Waals surface area contributed by atoms with Crippen LogP contribution in [-0.2, 0) is 4.79 Å². The Morgan fingerprint density at radius 1 is 1.00 bits per heavy atom. The van der Waals surface area contributed by atoms with Crippen molar-refractivity contribution >= 4 is 17.3 Å². The van der Waals surface area contributed by atoms with Crippen LogP contribution in [0.4, 0.5) is 11.4 Å². The summed E-state index contributed by atoms with van der Waals surface area (Å²) in [5.74, 6) is 2.53. The van der Waals surface area contributed by atoms with Crippen LogP contribution in [0.2, 0.25) is 0 Å². The molecule has 4 atom stereocenters. The quantitative estimate of drug-likeness (QED) is 0.767. The van der Waals surface area contributed by atoms with Gasteiger partial charge >= 0.3 is 0 Å². The van der Waals surface area contributed by atoms with Crippen molar-refractivity contribution in [3.8, 4) is 0 Å². The molecule has 1 aromatic rings. The van der Waals surface area contributed by atoms with Gasteiger partial charge in [0.25, 0.3) is 0 Å². The lowest BCUT2D eigenvalue weighted by Crippen LogP contribution is -2.54. The third-order valence-electron chi connectivity index (χ3n) is 6.57. The fourth-order valence-corrected chi connectivity index (χ4v) is 5.97. The molecule has 1 amide bonds. The number of hydrogen-bond acceptors (Lipinski definition) is 2. The van der Waals surface area contributed by atoms with E-state index in [1.54, 1.807) is 0 Å². The van der Waals surface area contributed by atoms with Crippen LogP contribution in [0, 0.1) is 23.2 Å². The lowest BCUT2D eigenvalue weighted by atomic mass is 9.56. The Morgan fingerprint density at radius 2 is 1.62 bits per heavy atom. The van der Waals surface area contributed by atoms with E-state index in [0.29, 0.717) is 17.7 Å². The first-order valence-corrected chi connectivity index (χ1v) is 9.61. The Bertz CT molecular complexity index is 621. The van der Waals surface area contributed by atoms with E-state index in [9.17, 15) is 4.79 Å². The maximum absolute atomic E-state index is 13.8. The van der Waals surface area contributed by atoms with Crippen LogP contribution in [0.25, 0.3) is 0 Å². The number of anilines is 2. The van der Waals surface area contributed by atoms with Crippen molar-refractivity contribution < 1.29 is 4.79 Å². The van der Waals surface area contributed by atoms with Gasteiger partial charge in [-0.3, -0.25) is 4.79 Å². The molecule has 1 aromatic carbocycles. The van der Waals surface area contributed by atoms with Gasteiger partial charge in [-0.25, -0.2) is 0 Å². The summed E-state index contributed by atoms with van der Waals surface area (Å²) >= 11 is 0. The Morgan fingerprint density at radius 3 is 2.29 bits per heavy atom. The number of hydrogen-bond donors (Lipinski definition) is 0. The van der Waals surface area contributed by atoms with Gasteiger partial charge in [0.1, 0.15) is 0 Å². The summed E-state index contributed by atoms with van der Waals surface area (Å²) in [6, 6.07) is 8.40. The molecule has 0 N–H and O–H groups in total. The van der Waals surface area contributed by atoms with Crippen LogP contribution in [0.5, 0.6) is 0 Å². The molecule has 3 heteroatoms. The zero-order valence-corrected chi connectivity index (χ0v) is 15.3. The molecule has 24 heavy (non-hydrogen) atoms. The van der Waals surface area contributed by atoms with Crippen molar-refractivity contribution in [2.24, 2.45) is 23.2 Å². The summed E-state index contributed by atoms with van der Waals surface area (Å²) < 4.78 is 0. The topological polar surface area (TPSA) is 23.6 Å². The molecule has 1 heterocycles. The fraction of sp³-hybridized carbons (Fsp3) is 0.667. The molecule has 1 unspecified atom stereocenters. The Balaban J connectivity index is 1.69. The van der Waals surface area contributed by atoms with Crippen molar-refractivity contribution in [2.45, 2.75) is 46.0 Å². The lowest BCUT2D eigenvalue weighted by Gasteiger charge is -2.51. The van der Waals surface area contributed by atoms with Crippen LogP contribution < -0.4 is 9.80 Å². The molecule has 2 fully saturated rings. The van der Waals surface area contributed by atoms with E-state index in [0.717, 1.165) is 44.0 Å². The Labute approximate surface area is 146 Å². The van der Waals surface area contributed by atoms with E-state index in [1.165, 1.54) is 18.5 Å². The molecule has 3 aliphatic rings. The molecular weight excluding hydrogens is 296 g/mol. The number of likely N-dealkylation sites (N-methyl/N-ethyl adjacent to an activating group) is 1. The minimum absolute atomic E-state index is 0.108. The number of rotatable bonds is 1. The van der Waals surface area contributed by atoms with Crippen molar-refractivity contribution in [3.63, 3.8) is 0 Å². The van der Waals surface area contributed by atoms with Crippen molar-refractivity contribution in [1.82, 2.24) is 0 Å². The summed E-state index contributed by atoms with van der Waals surface area (Å²) in [5.41, 5.74) is 2.19. The number of carbonyl (C=O) groups is 1. The number of benzene rings is 1. The molecule has 130 valence electrons. The second-order valence-electron chi connectivity index (χ2n) is 8.81. The van der Waals surface area contributed by atoms with Crippen molar-refractivity contribution in [3.05, 3.63) is 24.3 Å². The highest BCUT2D eigenvalue weighted by Gasteiger charge is 2.51. The van der Waals surface area contributed by atoms with Crippen molar-refractivity contribution in [1.29, 1.82) is 0 Å². The highest BCUT2D eigenvalue weighted by molar-refractivity contribution is 6.01. The molecule has 4 rings (SSSR count). The van der Waals surface area contributed by atoms with E-state index in [1.807, 2.05) is 0 Å². The zero-order valence-electron chi connectivity index (χ0n) is 15.3. The predicted octanol–water partition coefficient (Wildman–Crippen LogP) is 4.32. The van der Waals surface area contributed by atoms with Crippen molar-refractivity contribution in [2.75, 3.05) is 29.9 Å². The summed E-state index contributed by atoms with van der Waals surface area (Å²) in [5, 5.41) is 0. The van der Waals surface area contributed by atoms with Gasteiger partial charge in [0.05, 0.1) is 16.8 Å². The third-order valence-corrected chi connectivity index (χ3v) is 6.57. The molecule has 3 nitrogen and oxygen atoms in total. The van der Waals surface area contributed by atoms with Crippen LogP contribution in [-0.4, -0.2) is 26.0 Å². The van der Waals surface area contributed by atoms with Gasteiger partial charge in [-0.05, 0) is 62.0 Å². The molecule has 0 aromatic heterocycles. The first kappa shape index (κ1) is 16.0. The highest BCUT2D eigenvalue weighted by atomic mass is 16.2. The van der Waals surface area contributed by atoms with E-state index >= 15 is 0 Å². The van der Waals surface area contributed by atoms with E-state index < -0.39 is 0 Å². The molecule has 2 saturated carbocycles. The summed E-state index contributed by atoms with van der Waals surface area (Å²) in [6.07, 6.45) is 5.93. The monoisotopic (exact) mass is 326 g/mol. The standard InChI is InChI=1S/C21H30N2O/c1-15-10-17-11-16(2)13-21(12-15,14-17)20(24)23-9-8-22(3)18-6-4-5-7-19(18)23/h4-7,15-17H,8-14H2,1-3H3/t15-,16+,17-,21?. The molecule has 1 aliphatic heterocycles. The van der Waals surface area contributed by atoms with Crippen LogP contribution >= 0.6 is 0 Å². The fourth-order valence-electron chi connectivity index (χ4n) is 5.97. The first-order valence-electron chi connectivity index (χ1n) is 9.61. The number of para-hydroxylation sites is 2. The van der Waals surface area contributed by atoms with Crippen LogP contribution in [0.1, 0.15) is 46.0 Å². The number of amides is 1. The van der Waals surface area contributed by atoms with Crippen LogP contribution in [0.15, 0.2) is 24.3 Å². The average molecular weight is 326 g/mol. The minimum atomic E-state index is -0.108. The molecular formula is C21H30N2O. The second-order valence-corrected chi connectivity index (χ2v) is 8.81. The molecule has 2 aliphatic carbocycles. The third kappa shape index (κ3) is 2.53. The summed E-state index contributed by atoms with van der Waals surface area (Å²) in [6.45, 7) is 6.44. The van der Waals surface area contributed by atoms with Gasteiger partial charge in [-0.2, -0.15) is 0 Å². The molecule has 0 saturated heterocycles.